The highest BCUT2D eigenvalue weighted by Gasteiger charge is 2.12. The van der Waals surface area contributed by atoms with Crippen molar-refractivity contribution in [2.75, 3.05) is 6.61 Å². The summed E-state index contributed by atoms with van der Waals surface area (Å²) >= 11 is 0. The maximum atomic E-state index is 11.9. The van der Waals surface area contributed by atoms with Gasteiger partial charge in [0.25, 0.3) is 5.56 Å². The first kappa shape index (κ1) is 13.9. The normalized spacial score (nSPS) is 10.2. The lowest BCUT2D eigenvalue weighted by Crippen LogP contribution is -2.19. The number of aromatic amines is 1. The lowest BCUT2D eigenvalue weighted by atomic mass is 10.1. The molecule has 2 aromatic rings. The Bertz CT molecular complexity index is 709. The van der Waals surface area contributed by atoms with Gasteiger partial charge in [0, 0.05) is 11.9 Å². The summed E-state index contributed by atoms with van der Waals surface area (Å²) in [7, 11) is 0. The molecule has 0 fully saturated rings. The minimum atomic E-state index is -0.599. The molecule has 0 bridgehead atoms. The van der Waals surface area contributed by atoms with E-state index in [0.717, 1.165) is 11.8 Å². The van der Waals surface area contributed by atoms with Crippen molar-refractivity contribution < 1.29 is 9.53 Å². The van der Waals surface area contributed by atoms with E-state index in [2.05, 4.69) is 10.9 Å². The zero-order chi connectivity index (χ0) is 14.4. The van der Waals surface area contributed by atoms with Gasteiger partial charge in [-0.25, -0.2) is 4.79 Å². The molecule has 0 saturated carbocycles. The molecule has 4 heteroatoms. The van der Waals surface area contributed by atoms with Crippen LogP contribution in [0, 0.1) is 12.3 Å². The van der Waals surface area contributed by atoms with Crippen LogP contribution in [0.3, 0.4) is 0 Å². The second kappa shape index (κ2) is 6.58. The number of hydrogen-bond acceptors (Lipinski definition) is 3. The lowest BCUT2D eigenvalue weighted by molar-refractivity contribution is 0.0497. The second-order valence-corrected chi connectivity index (χ2v) is 4.40. The van der Waals surface area contributed by atoms with Gasteiger partial charge < -0.3 is 9.72 Å². The molecule has 0 spiro atoms. The van der Waals surface area contributed by atoms with E-state index >= 15 is 0 Å². The van der Waals surface area contributed by atoms with Crippen molar-refractivity contribution in [2.24, 2.45) is 0 Å². The molecule has 1 heterocycles. The first-order chi connectivity index (χ1) is 9.72. The van der Waals surface area contributed by atoms with Crippen molar-refractivity contribution in [3.05, 3.63) is 46.2 Å². The van der Waals surface area contributed by atoms with E-state index in [1.54, 1.807) is 12.1 Å². The lowest BCUT2D eigenvalue weighted by Gasteiger charge is -2.04. The molecule has 0 saturated heterocycles. The fourth-order valence-corrected chi connectivity index (χ4v) is 1.87. The van der Waals surface area contributed by atoms with Crippen molar-refractivity contribution in [1.29, 1.82) is 0 Å². The van der Waals surface area contributed by atoms with Gasteiger partial charge >= 0.3 is 5.97 Å². The number of nitrogens with one attached hydrogen (secondary N) is 1. The van der Waals surface area contributed by atoms with Crippen molar-refractivity contribution in [3.8, 4) is 12.3 Å². The summed E-state index contributed by atoms with van der Waals surface area (Å²) in [5, 5.41) is 0.798. The highest BCUT2D eigenvalue weighted by molar-refractivity contribution is 5.93. The fraction of sp³-hybridized carbons (Fsp3) is 0.250. The summed E-state index contributed by atoms with van der Waals surface area (Å²) in [6.07, 6.45) is 7.29. The van der Waals surface area contributed by atoms with Gasteiger partial charge in [0.2, 0.25) is 0 Å². The number of hydrogen-bond donors (Lipinski definition) is 1. The largest absolute Gasteiger partial charge is 0.462 e. The van der Waals surface area contributed by atoms with Gasteiger partial charge in [-0.1, -0.05) is 18.2 Å². The standard InChI is InChI=1S/C16H15NO3/c1-2-3-4-7-10-20-16(19)13-11-12-8-5-6-9-14(12)17-15(13)18/h1,5-6,8-9,11H,3-4,7,10H2,(H,17,18). The van der Waals surface area contributed by atoms with Gasteiger partial charge in [0.1, 0.15) is 5.56 Å². The Balaban J connectivity index is 2.08. The number of rotatable bonds is 5. The number of pyridine rings is 1. The average Bonchev–Trinajstić information content (AvgIpc) is 2.46. The third-order valence-electron chi connectivity index (χ3n) is 2.92. The number of ether oxygens (including phenoxy) is 1. The Morgan fingerprint density at radius 2 is 2.10 bits per heavy atom. The number of fused-ring (bicyclic) bond motifs is 1. The van der Waals surface area contributed by atoms with Crippen LogP contribution in [0.4, 0.5) is 0 Å². The predicted molar refractivity (Wildman–Crippen MR) is 77.5 cm³/mol. The summed E-state index contributed by atoms with van der Waals surface area (Å²) in [5.41, 5.74) is 0.293. The van der Waals surface area contributed by atoms with Crippen molar-refractivity contribution in [3.63, 3.8) is 0 Å². The molecule has 1 aromatic heterocycles. The van der Waals surface area contributed by atoms with Crippen LogP contribution in [0.1, 0.15) is 29.6 Å². The van der Waals surface area contributed by atoms with Crippen LogP contribution in [0.25, 0.3) is 10.9 Å². The summed E-state index contributed by atoms with van der Waals surface area (Å²) in [6, 6.07) is 8.83. The minimum Gasteiger partial charge on any atom is -0.462 e. The Morgan fingerprint density at radius 3 is 2.90 bits per heavy atom. The molecule has 20 heavy (non-hydrogen) atoms. The Morgan fingerprint density at radius 1 is 1.30 bits per heavy atom. The highest BCUT2D eigenvalue weighted by atomic mass is 16.5. The van der Waals surface area contributed by atoms with Crippen molar-refractivity contribution in [1.82, 2.24) is 4.98 Å². The zero-order valence-corrected chi connectivity index (χ0v) is 11.0. The SMILES string of the molecule is C#CCCCCOC(=O)c1cc2ccccc2[nH]c1=O. The molecule has 0 aliphatic rings. The number of aromatic nitrogens is 1. The fourth-order valence-electron chi connectivity index (χ4n) is 1.87. The average molecular weight is 269 g/mol. The molecular formula is C16H15NO3. The maximum absolute atomic E-state index is 11.9. The first-order valence-electron chi connectivity index (χ1n) is 6.45. The predicted octanol–water partition coefficient (Wildman–Crippen LogP) is 2.49. The van der Waals surface area contributed by atoms with E-state index in [9.17, 15) is 9.59 Å². The van der Waals surface area contributed by atoms with E-state index in [0.29, 0.717) is 18.4 Å². The molecule has 2 rings (SSSR count). The number of unbranched alkanes of at least 4 members (excludes halogenated alkanes) is 2. The molecule has 0 radical (unpaired) electrons. The van der Waals surface area contributed by atoms with Gasteiger partial charge in [-0.3, -0.25) is 4.79 Å². The maximum Gasteiger partial charge on any atom is 0.343 e. The smallest absolute Gasteiger partial charge is 0.343 e. The number of terminal acetylenes is 1. The first-order valence-corrected chi connectivity index (χ1v) is 6.45. The van der Waals surface area contributed by atoms with Crippen LogP contribution in [-0.2, 0) is 4.74 Å². The number of esters is 1. The Labute approximate surface area is 116 Å². The van der Waals surface area contributed by atoms with Gasteiger partial charge in [-0.15, -0.1) is 12.3 Å². The second-order valence-electron chi connectivity index (χ2n) is 4.40. The Kier molecular flexibility index (Phi) is 4.56. The van der Waals surface area contributed by atoms with E-state index in [1.165, 1.54) is 0 Å². The molecule has 0 unspecified atom stereocenters. The van der Waals surface area contributed by atoms with Crippen LogP contribution in [-0.4, -0.2) is 17.6 Å². The molecule has 0 atom stereocenters. The van der Waals surface area contributed by atoms with Gasteiger partial charge in [0.05, 0.1) is 6.61 Å². The third kappa shape index (κ3) is 3.27. The van der Waals surface area contributed by atoms with Crippen LogP contribution in [0.15, 0.2) is 35.1 Å². The van der Waals surface area contributed by atoms with Crippen LogP contribution in [0.2, 0.25) is 0 Å². The summed E-state index contributed by atoms with van der Waals surface area (Å²) in [4.78, 5) is 26.4. The molecule has 1 aromatic carbocycles. The van der Waals surface area contributed by atoms with E-state index < -0.39 is 11.5 Å². The molecule has 4 nitrogen and oxygen atoms in total. The van der Waals surface area contributed by atoms with Gasteiger partial charge in [-0.2, -0.15) is 0 Å². The van der Waals surface area contributed by atoms with Crippen LogP contribution >= 0.6 is 0 Å². The van der Waals surface area contributed by atoms with E-state index in [1.807, 2.05) is 18.2 Å². The quantitative estimate of drug-likeness (QED) is 0.515. The monoisotopic (exact) mass is 269 g/mol. The zero-order valence-electron chi connectivity index (χ0n) is 11.0. The topological polar surface area (TPSA) is 59.2 Å². The van der Waals surface area contributed by atoms with Crippen LogP contribution < -0.4 is 5.56 Å². The molecule has 0 aliphatic heterocycles. The molecular weight excluding hydrogens is 254 g/mol. The van der Waals surface area contributed by atoms with Crippen LogP contribution in [0.5, 0.6) is 0 Å². The minimum absolute atomic E-state index is 0.0284. The Hall–Kier alpha value is -2.54. The number of carbonyl (C=O) groups excluding carboxylic acids is 1. The van der Waals surface area contributed by atoms with E-state index in [4.69, 9.17) is 11.2 Å². The number of para-hydroxylation sites is 1. The van der Waals surface area contributed by atoms with Crippen molar-refractivity contribution in [2.45, 2.75) is 19.3 Å². The number of H-pyrrole nitrogens is 1. The summed E-state index contributed by atoms with van der Waals surface area (Å²) in [5.74, 6) is 1.92. The number of carbonyl (C=O) groups is 1. The summed E-state index contributed by atoms with van der Waals surface area (Å²) in [6.45, 7) is 0.271. The van der Waals surface area contributed by atoms with E-state index in [-0.39, 0.29) is 12.2 Å². The highest BCUT2D eigenvalue weighted by Crippen LogP contribution is 2.10. The van der Waals surface area contributed by atoms with Gasteiger partial charge in [-0.05, 0) is 30.4 Å². The number of benzene rings is 1. The molecule has 102 valence electrons. The molecule has 1 N–H and O–H groups in total. The van der Waals surface area contributed by atoms with Gasteiger partial charge in [0.15, 0.2) is 0 Å². The third-order valence-corrected chi connectivity index (χ3v) is 2.92. The summed E-state index contributed by atoms with van der Waals surface area (Å²) < 4.78 is 5.08. The van der Waals surface area contributed by atoms with Crippen molar-refractivity contribution >= 4 is 16.9 Å². The molecule has 0 amide bonds. The molecule has 0 aliphatic carbocycles.